The molecule has 3 heteroatoms. The van der Waals surface area contributed by atoms with Crippen molar-refractivity contribution in [2.75, 3.05) is 0 Å². The van der Waals surface area contributed by atoms with Gasteiger partial charge in [0.15, 0.2) is 0 Å². The molecule has 0 fully saturated rings. The molecule has 11 heavy (non-hydrogen) atoms. The lowest BCUT2D eigenvalue weighted by Crippen LogP contribution is -1.99. The first kappa shape index (κ1) is 10.1. The third-order valence-electron chi connectivity index (χ3n) is 1.40. The zero-order valence-corrected chi connectivity index (χ0v) is 6.80. The van der Waals surface area contributed by atoms with E-state index < -0.39 is 0 Å². The van der Waals surface area contributed by atoms with Crippen LogP contribution in [-0.2, 0) is 6.54 Å². The fourth-order valence-corrected chi connectivity index (χ4v) is 0.835. The number of nitrogens with two attached hydrogens (primary N) is 1. The first-order valence-electron chi connectivity index (χ1n) is 3.11. The van der Waals surface area contributed by atoms with Gasteiger partial charge < -0.3 is 5.73 Å². The van der Waals surface area contributed by atoms with Crippen LogP contribution >= 0.6 is 12.4 Å². The number of carbonyl (C=O) groups excluding carboxylic acids is 1. The van der Waals surface area contributed by atoms with E-state index in [4.69, 9.17) is 5.73 Å². The van der Waals surface area contributed by atoms with Crippen molar-refractivity contribution in [3.8, 4) is 0 Å². The lowest BCUT2D eigenvalue weighted by atomic mass is 10.1. The minimum Gasteiger partial charge on any atom is -0.326 e. The molecule has 0 radical (unpaired) electrons. The van der Waals surface area contributed by atoms with Gasteiger partial charge in [-0.15, -0.1) is 12.4 Å². The molecule has 60 valence electrons. The number of halogens is 1. The van der Waals surface area contributed by atoms with E-state index in [0.717, 1.165) is 11.8 Å². The molecule has 0 aliphatic heterocycles. The first-order chi connectivity index (χ1) is 4.88. The van der Waals surface area contributed by atoms with Crippen molar-refractivity contribution in [1.29, 1.82) is 0 Å². The first-order valence-corrected chi connectivity index (χ1v) is 3.11. The van der Waals surface area contributed by atoms with Gasteiger partial charge in [0.05, 0.1) is 0 Å². The summed E-state index contributed by atoms with van der Waals surface area (Å²) in [5.41, 5.74) is 6.95. The number of rotatable bonds is 2. The Bertz CT molecular complexity index is 237. The van der Waals surface area contributed by atoms with Crippen molar-refractivity contribution < 1.29 is 4.79 Å². The van der Waals surface area contributed by atoms with E-state index >= 15 is 0 Å². The molecule has 0 aliphatic carbocycles. The minimum absolute atomic E-state index is 0. The largest absolute Gasteiger partial charge is 0.326 e. The summed E-state index contributed by atoms with van der Waals surface area (Å²) in [6.45, 7) is 0.426. The highest BCUT2D eigenvalue weighted by Gasteiger charge is 1.94. The molecule has 1 aromatic rings. The zero-order valence-electron chi connectivity index (χ0n) is 5.99. The SMILES string of the molecule is Cl.NCc1ccccc1C=O. The van der Waals surface area contributed by atoms with Gasteiger partial charge in [0.1, 0.15) is 6.29 Å². The quantitative estimate of drug-likeness (QED) is 0.684. The molecule has 0 heterocycles. The van der Waals surface area contributed by atoms with Gasteiger partial charge in [-0.2, -0.15) is 0 Å². The van der Waals surface area contributed by atoms with Crippen LogP contribution in [-0.4, -0.2) is 6.29 Å². The fraction of sp³-hybridized carbons (Fsp3) is 0.125. The molecule has 2 N–H and O–H groups in total. The van der Waals surface area contributed by atoms with Crippen LogP contribution in [0.15, 0.2) is 24.3 Å². The van der Waals surface area contributed by atoms with Crippen molar-refractivity contribution >= 4 is 18.7 Å². The van der Waals surface area contributed by atoms with Gasteiger partial charge in [-0.3, -0.25) is 4.79 Å². The molecule has 0 aromatic heterocycles. The Morgan fingerprint density at radius 1 is 1.36 bits per heavy atom. The maximum Gasteiger partial charge on any atom is 0.150 e. The molecule has 0 bridgehead atoms. The third kappa shape index (κ3) is 2.33. The maximum atomic E-state index is 10.3. The molecule has 0 atom stereocenters. The standard InChI is InChI=1S/C8H9NO.ClH/c9-5-7-3-1-2-4-8(7)6-10;/h1-4,6H,5,9H2;1H. The second-order valence-corrected chi connectivity index (χ2v) is 2.02. The number of carbonyl (C=O) groups is 1. The number of benzene rings is 1. The molecule has 2 nitrogen and oxygen atoms in total. The Labute approximate surface area is 71.8 Å². The topological polar surface area (TPSA) is 43.1 Å². The van der Waals surface area contributed by atoms with Crippen molar-refractivity contribution in [2.45, 2.75) is 6.54 Å². The van der Waals surface area contributed by atoms with E-state index in [1.165, 1.54) is 0 Å². The molecule has 1 aromatic carbocycles. The van der Waals surface area contributed by atoms with Gasteiger partial charge in [0.25, 0.3) is 0 Å². The summed E-state index contributed by atoms with van der Waals surface area (Å²) in [6, 6.07) is 7.30. The van der Waals surface area contributed by atoms with E-state index in [9.17, 15) is 4.79 Å². The van der Waals surface area contributed by atoms with Crippen LogP contribution in [0, 0.1) is 0 Å². The van der Waals surface area contributed by atoms with Crippen molar-refractivity contribution in [3.05, 3.63) is 35.4 Å². The van der Waals surface area contributed by atoms with Crippen LogP contribution in [0.2, 0.25) is 0 Å². The van der Waals surface area contributed by atoms with Crippen LogP contribution in [0.4, 0.5) is 0 Å². The predicted octanol–water partition coefficient (Wildman–Crippen LogP) is 1.38. The second kappa shape index (κ2) is 4.88. The molecule has 0 amide bonds. The molecule has 0 spiro atoms. The molecule has 1 rings (SSSR count). The Morgan fingerprint density at radius 3 is 2.45 bits per heavy atom. The molecule has 0 saturated heterocycles. The van der Waals surface area contributed by atoms with Gasteiger partial charge in [0.2, 0.25) is 0 Å². The lowest BCUT2D eigenvalue weighted by Gasteiger charge is -1.97. The molecular formula is C8H10ClNO. The summed E-state index contributed by atoms with van der Waals surface area (Å²) < 4.78 is 0. The summed E-state index contributed by atoms with van der Waals surface area (Å²) in [7, 11) is 0. The van der Waals surface area contributed by atoms with Gasteiger partial charge in [-0.25, -0.2) is 0 Å². The van der Waals surface area contributed by atoms with E-state index in [0.29, 0.717) is 12.1 Å². The zero-order chi connectivity index (χ0) is 7.40. The smallest absolute Gasteiger partial charge is 0.150 e. The monoisotopic (exact) mass is 171 g/mol. The Kier molecular flexibility index (Phi) is 4.50. The fourth-order valence-electron chi connectivity index (χ4n) is 0.835. The minimum atomic E-state index is 0. The lowest BCUT2D eigenvalue weighted by molar-refractivity contribution is 0.112. The summed E-state index contributed by atoms with van der Waals surface area (Å²) in [5.74, 6) is 0. The third-order valence-corrected chi connectivity index (χ3v) is 1.40. The van der Waals surface area contributed by atoms with Crippen LogP contribution in [0.3, 0.4) is 0 Å². The summed E-state index contributed by atoms with van der Waals surface area (Å²) in [6.07, 6.45) is 0.822. The Balaban J connectivity index is 0.000001000. The summed E-state index contributed by atoms with van der Waals surface area (Å²) in [5, 5.41) is 0. The van der Waals surface area contributed by atoms with E-state index in [1.807, 2.05) is 18.2 Å². The Morgan fingerprint density at radius 2 is 2.00 bits per heavy atom. The van der Waals surface area contributed by atoms with Crippen molar-refractivity contribution in [1.82, 2.24) is 0 Å². The van der Waals surface area contributed by atoms with Crippen LogP contribution < -0.4 is 5.73 Å². The normalized spacial score (nSPS) is 8.45. The molecular weight excluding hydrogens is 162 g/mol. The molecule has 0 aliphatic rings. The van der Waals surface area contributed by atoms with Crippen LogP contribution in [0.25, 0.3) is 0 Å². The highest BCUT2D eigenvalue weighted by molar-refractivity contribution is 5.85. The number of hydrogen-bond donors (Lipinski definition) is 1. The molecule has 0 saturated carbocycles. The van der Waals surface area contributed by atoms with E-state index in [-0.39, 0.29) is 12.4 Å². The van der Waals surface area contributed by atoms with Crippen LogP contribution in [0.1, 0.15) is 15.9 Å². The number of hydrogen-bond acceptors (Lipinski definition) is 2. The summed E-state index contributed by atoms with van der Waals surface area (Å²) >= 11 is 0. The van der Waals surface area contributed by atoms with Crippen molar-refractivity contribution in [2.24, 2.45) is 5.73 Å². The van der Waals surface area contributed by atoms with Gasteiger partial charge in [-0.05, 0) is 5.56 Å². The predicted molar refractivity (Wildman–Crippen MR) is 47.0 cm³/mol. The van der Waals surface area contributed by atoms with Gasteiger partial charge >= 0.3 is 0 Å². The van der Waals surface area contributed by atoms with E-state index in [2.05, 4.69) is 0 Å². The van der Waals surface area contributed by atoms with Gasteiger partial charge in [-0.1, -0.05) is 24.3 Å². The Hall–Kier alpha value is -0.860. The summed E-state index contributed by atoms with van der Waals surface area (Å²) in [4.78, 5) is 10.3. The highest BCUT2D eigenvalue weighted by Crippen LogP contribution is 2.03. The van der Waals surface area contributed by atoms with E-state index in [1.54, 1.807) is 6.07 Å². The maximum absolute atomic E-state index is 10.3. The number of aldehydes is 1. The average Bonchev–Trinajstić information content (AvgIpc) is 2.04. The second-order valence-electron chi connectivity index (χ2n) is 2.02. The molecule has 0 unspecified atom stereocenters. The highest BCUT2D eigenvalue weighted by atomic mass is 35.5. The van der Waals surface area contributed by atoms with Crippen molar-refractivity contribution in [3.63, 3.8) is 0 Å². The van der Waals surface area contributed by atoms with Gasteiger partial charge in [0, 0.05) is 12.1 Å². The van der Waals surface area contributed by atoms with Crippen LogP contribution in [0.5, 0.6) is 0 Å². The average molecular weight is 172 g/mol.